The second-order valence-electron chi connectivity index (χ2n) is 4.72. The van der Waals surface area contributed by atoms with Crippen molar-refractivity contribution < 1.29 is 4.92 Å². The number of hydrogen-bond acceptors (Lipinski definition) is 6. The predicted octanol–water partition coefficient (Wildman–Crippen LogP) is 4.65. The first-order valence-electron chi connectivity index (χ1n) is 6.98. The molecule has 2 N–H and O–H groups in total. The van der Waals surface area contributed by atoms with Crippen molar-refractivity contribution in [1.82, 2.24) is 9.97 Å². The number of nitrogens with one attached hydrogen (secondary N) is 2. The number of halogens is 2. The van der Waals surface area contributed by atoms with E-state index in [-0.39, 0.29) is 17.5 Å². The summed E-state index contributed by atoms with van der Waals surface area (Å²) in [5, 5.41) is 17.8. The first-order chi connectivity index (χ1) is 11.0. The van der Waals surface area contributed by atoms with Gasteiger partial charge >= 0.3 is 5.69 Å². The van der Waals surface area contributed by atoms with E-state index in [1.165, 1.54) is 6.20 Å². The van der Waals surface area contributed by atoms with Crippen LogP contribution in [-0.4, -0.2) is 21.4 Å². The van der Waals surface area contributed by atoms with Crippen LogP contribution in [0.2, 0.25) is 10.0 Å². The summed E-state index contributed by atoms with van der Waals surface area (Å²) >= 11 is 11.8. The van der Waals surface area contributed by atoms with Crippen LogP contribution in [-0.2, 0) is 0 Å². The van der Waals surface area contributed by atoms with Crippen LogP contribution in [0.3, 0.4) is 0 Å². The van der Waals surface area contributed by atoms with Gasteiger partial charge in [0.25, 0.3) is 0 Å². The number of hydrogen-bond donors (Lipinski definition) is 2. The van der Waals surface area contributed by atoms with Crippen LogP contribution in [0, 0.1) is 10.1 Å². The minimum atomic E-state index is -0.517. The first-order valence-corrected chi connectivity index (χ1v) is 7.74. The Balaban J connectivity index is 2.23. The highest BCUT2D eigenvalue weighted by Crippen LogP contribution is 2.27. The third kappa shape index (κ3) is 4.67. The number of aromatic nitrogens is 2. The Hall–Kier alpha value is -2.12. The van der Waals surface area contributed by atoms with Gasteiger partial charge in [-0.05, 0) is 24.6 Å². The molecule has 0 aliphatic carbocycles. The van der Waals surface area contributed by atoms with Crippen molar-refractivity contribution in [3.8, 4) is 0 Å². The summed E-state index contributed by atoms with van der Waals surface area (Å²) in [5.74, 6) is 0.411. The van der Waals surface area contributed by atoms with E-state index >= 15 is 0 Å². The van der Waals surface area contributed by atoms with Gasteiger partial charge in [-0.3, -0.25) is 10.1 Å². The van der Waals surface area contributed by atoms with E-state index < -0.39 is 4.92 Å². The smallest absolute Gasteiger partial charge is 0.329 e. The number of anilines is 3. The number of nitro groups is 1. The lowest BCUT2D eigenvalue weighted by Crippen LogP contribution is -2.08. The van der Waals surface area contributed by atoms with Gasteiger partial charge in [0.1, 0.15) is 6.20 Å². The van der Waals surface area contributed by atoms with E-state index in [0.29, 0.717) is 22.3 Å². The summed E-state index contributed by atoms with van der Waals surface area (Å²) in [7, 11) is 0. The van der Waals surface area contributed by atoms with E-state index in [1.807, 2.05) is 6.92 Å². The third-order valence-corrected chi connectivity index (χ3v) is 3.70. The average Bonchev–Trinajstić information content (AvgIpc) is 2.51. The molecule has 0 spiro atoms. The fourth-order valence-electron chi connectivity index (χ4n) is 1.79. The highest BCUT2D eigenvalue weighted by atomic mass is 35.5. The van der Waals surface area contributed by atoms with Crippen LogP contribution in [0.15, 0.2) is 24.4 Å². The average molecular weight is 356 g/mol. The largest absolute Gasteiger partial charge is 0.364 e. The van der Waals surface area contributed by atoms with Crippen molar-refractivity contribution >= 4 is 46.3 Å². The summed E-state index contributed by atoms with van der Waals surface area (Å²) in [5.41, 5.74) is 0.466. The lowest BCUT2D eigenvalue weighted by molar-refractivity contribution is -0.384. The molecule has 1 heterocycles. The standard InChI is InChI=1S/C14H15Cl2N5O2/c1-2-3-6-17-13-12(21(22)23)8-18-14(20-13)19-9-4-5-10(15)11(16)7-9/h4-5,7-8H,2-3,6H2,1H3,(H2,17,18,19,20). The molecule has 0 unspecified atom stereocenters. The second kappa shape index (κ2) is 7.94. The molecular weight excluding hydrogens is 341 g/mol. The fraction of sp³-hybridized carbons (Fsp3) is 0.286. The van der Waals surface area contributed by atoms with Gasteiger partial charge in [-0.1, -0.05) is 36.5 Å². The van der Waals surface area contributed by atoms with Crippen LogP contribution in [0.25, 0.3) is 0 Å². The molecule has 2 aromatic rings. The molecule has 9 heteroatoms. The maximum absolute atomic E-state index is 11.0. The Labute approximate surface area is 143 Å². The van der Waals surface area contributed by atoms with Gasteiger partial charge in [-0.15, -0.1) is 0 Å². The normalized spacial score (nSPS) is 10.4. The zero-order valence-electron chi connectivity index (χ0n) is 12.3. The molecule has 0 radical (unpaired) electrons. The number of unbranched alkanes of at least 4 members (excludes halogenated alkanes) is 1. The zero-order valence-corrected chi connectivity index (χ0v) is 13.9. The molecule has 7 nitrogen and oxygen atoms in total. The first kappa shape index (κ1) is 17.2. The van der Waals surface area contributed by atoms with Crippen molar-refractivity contribution in [2.75, 3.05) is 17.2 Å². The second-order valence-corrected chi connectivity index (χ2v) is 5.53. The minimum Gasteiger partial charge on any atom is -0.364 e. The lowest BCUT2D eigenvalue weighted by Gasteiger charge is -2.09. The quantitative estimate of drug-likeness (QED) is 0.426. The van der Waals surface area contributed by atoms with Crippen LogP contribution in [0.1, 0.15) is 19.8 Å². The number of nitrogens with zero attached hydrogens (tertiary/aromatic N) is 3. The molecule has 0 aliphatic rings. The number of benzene rings is 1. The minimum absolute atomic E-state index is 0.166. The predicted molar refractivity (Wildman–Crippen MR) is 91.8 cm³/mol. The Morgan fingerprint density at radius 1 is 1.30 bits per heavy atom. The third-order valence-electron chi connectivity index (χ3n) is 2.96. The molecule has 0 bridgehead atoms. The van der Waals surface area contributed by atoms with Gasteiger partial charge in [0.2, 0.25) is 11.8 Å². The van der Waals surface area contributed by atoms with Crippen molar-refractivity contribution in [3.05, 3.63) is 44.6 Å². The number of rotatable bonds is 7. The van der Waals surface area contributed by atoms with Crippen LogP contribution in [0.5, 0.6) is 0 Å². The molecule has 2 rings (SSSR count). The molecule has 122 valence electrons. The molecule has 0 atom stereocenters. The van der Waals surface area contributed by atoms with E-state index in [4.69, 9.17) is 23.2 Å². The van der Waals surface area contributed by atoms with Crippen molar-refractivity contribution in [2.45, 2.75) is 19.8 Å². The molecule has 0 amide bonds. The summed E-state index contributed by atoms with van der Waals surface area (Å²) in [6, 6.07) is 4.97. The Kier molecular flexibility index (Phi) is 5.95. The Morgan fingerprint density at radius 2 is 2.09 bits per heavy atom. The summed E-state index contributed by atoms with van der Waals surface area (Å²) in [4.78, 5) is 18.6. The van der Waals surface area contributed by atoms with Crippen LogP contribution < -0.4 is 10.6 Å². The van der Waals surface area contributed by atoms with E-state index in [9.17, 15) is 10.1 Å². The fourth-order valence-corrected chi connectivity index (χ4v) is 2.08. The van der Waals surface area contributed by atoms with Gasteiger partial charge in [0, 0.05) is 12.2 Å². The maximum Gasteiger partial charge on any atom is 0.329 e. The molecular formula is C14H15Cl2N5O2. The van der Waals surface area contributed by atoms with E-state index in [0.717, 1.165) is 12.8 Å². The monoisotopic (exact) mass is 355 g/mol. The molecule has 23 heavy (non-hydrogen) atoms. The van der Waals surface area contributed by atoms with Gasteiger partial charge < -0.3 is 10.6 Å². The summed E-state index contributed by atoms with van der Waals surface area (Å²) in [6.45, 7) is 2.63. The van der Waals surface area contributed by atoms with Crippen molar-refractivity contribution in [1.29, 1.82) is 0 Å². The Morgan fingerprint density at radius 3 is 2.74 bits per heavy atom. The highest BCUT2D eigenvalue weighted by molar-refractivity contribution is 6.42. The summed E-state index contributed by atoms with van der Waals surface area (Å²) in [6.07, 6.45) is 3.03. The molecule has 0 fully saturated rings. The van der Waals surface area contributed by atoms with Crippen molar-refractivity contribution in [2.24, 2.45) is 0 Å². The lowest BCUT2D eigenvalue weighted by atomic mass is 10.3. The maximum atomic E-state index is 11.0. The topological polar surface area (TPSA) is 93.0 Å². The van der Waals surface area contributed by atoms with Gasteiger partial charge in [-0.25, -0.2) is 4.98 Å². The molecule has 1 aromatic carbocycles. The SMILES string of the molecule is CCCCNc1nc(Nc2ccc(Cl)c(Cl)c2)ncc1[N+](=O)[O-]. The van der Waals surface area contributed by atoms with Crippen molar-refractivity contribution in [3.63, 3.8) is 0 Å². The molecule has 0 aliphatic heterocycles. The van der Waals surface area contributed by atoms with Gasteiger partial charge in [-0.2, -0.15) is 4.98 Å². The van der Waals surface area contributed by atoms with E-state index in [2.05, 4.69) is 20.6 Å². The van der Waals surface area contributed by atoms with Crippen LogP contribution >= 0.6 is 23.2 Å². The molecule has 0 saturated heterocycles. The highest BCUT2D eigenvalue weighted by Gasteiger charge is 2.17. The summed E-state index contributed by atoms with van der Waals surface area (Å²) < 4.78 is 0. The Bertz CT molecular complexity index is 712. The van der Waals surface area contributed by atoms with Gasteiger partial charge in [0.15, 0.2) is 0 Å². The van der Waals surface area contributed by atoms with Gasteiger partial charge in [0.05, 0.1) is 15.0 Å². The zero-order chi connectivity index (χ0) is 16.8. The molecule has 1 aromatic heterocycles. The van der Waals surface area contributed by atoms with E-state index in [1.54, 1.807) is 18.2 Å². The molecule has 0 saturated carbocycles. The van der Waals surface area contributed by atoms with Crippen LogP contribution in [0.4, 0.5) is 23.1 Å².